The van der Waals surface area contributed by atoms with Gasteiger partial charge in [0.1, 0.15) is 34.3 Å². The molecule has 10 aromatic rings. The van der Waals surface area contributed by atoms with Crippen molar-refractivity contribution < 1.29 is 8.83 Å². The quantitative estimate of drug-likeness (QED) is 0.195. The number of nitrogens with one attached hydrogen (secondary N) is 1. The van der Waals surface area contributed by atoms with Gasteiger partial charge in [0.05, 0.1) is 5.56 Å². The minimum atomic E-state index is -0.358. The molecule has 234 valence electrons. The molecule has 5 nitrogen and oxygen atoms in total. The van der Waals surface area contributed by atoms with Crippen LogP contribution in [0.15, 0.2) is 170 Å². The Morgan fingerprint density at radius 1 is 0.420 bits per heavy atom. The number of benzene rings is 8. The van der Waals surface area contributed by atoms with Gasteiger partial charge in [-0.25, -0.2) is 9.98 Å². The first-order valence-corrected chi connectivity index (χ1v) is 16.9. The van der Waals surface area contributed by atoms with E-state index in [-0.39, 0.29) is 6.17 Å². The molecule has 5 heteroatoms. The number of fused-ring (bicyclic) bond motifs is 13. The van der Waals surface area contributed by atoms with Crippen molar-refractivity contribution in [2.24, 2.45) is 9.98 Å². The molecule has 0 bridgehead atoms. The maximum absolute atomic E-state index is 6.84. The highest BCUT2D eigenvalue weighted by atomic mass is 16.3. The van der Waals surface area contributed by atoms with Crippen molar-refractivity contribution in [3.05, 3.63) is 168 Å². The first-order chi connectivity index (χ1) is 24.8. The summed E-state index contributed by atoms with van der Waals surface area (Å²) in [6, 6.07) is 52.6. The molecule has 2 aromatic heterocycles. The van der Waals surface area contributed by atoms with Crippen LogP contribution >= 0.6 is 0 Å². The second-order valence-corrected chi connectivity index (χ2v) is 12.9. The minimum absolute atomic E-state index is 0.358. The number of rotatable bonds is 3. The van der Waals surface area contributed by atoms with Crippen molar-refractivity contribution in [3.8, 4) is 0 Å². The maximum Gasteiger partial charge on any atom is 0.163 e. The summed E-state index contributed by atoms with van der Waals surface area (Å²) in [7, 11) is 0. The fraction of sp³-hybridized carbons (Fsp3) is 0.0222. The van der Waals surface area contributed by atoms with Crippen LogP contribution in [-0.4, -0.2) is 11.7 Å². The SMILES string of the molecule is c1ccc(C2N=C(c3cccc4c3oc3ccccc34)N=C(c3cccc4oc5c(ccc6c7ccccc7c7ccccc7c65)c34)N2)cc1. The molecule has 0 spiro atoms. The van der Waals surface area contributed by atoms with Crippen LogP contribution in [-0.2, 0) is 0 Å². The lowest BCUT2D eigenvalue weighted by molar-refractivity contribution is 0.663. The molecule has 1 aliphatic heterocycles. The smallest absolute Gasteiger partial charge is 0.163 e. The Kier molecular flexibility index (Phi) is 5.66. The summed E-state index contributed by atoms with van der Waals surface area (Å²) in [5.41, 5.74) is 6.17. The Labute approximate surface area is 285 Å². The topological polar surface area (TPSA) is 63.0 Å². The summed E-state index contributed by atoms with van der Waals surface area (Å²) >= 11 is 0. The van der Waals surface area contributed by atoms with Gasteiger partial charge in [0.15, 0.2) is 5.84 Å². The van der Waals surface area contributed by atoms with E-state index < -0.39 is 0 Å². The number of aliphatic imine (C=N–C) groups is 2. The summed E-state index contributed by atoms with van der Waals surface area (Å²) in [5.74, 6) is 1.35. The average molecular weight is 642 g/mol. The van der Waals surface area contributed by atoms with Crippen LogP contribution in [0.3, 0.4) is 0 Å². The molecule has 1 N–H and O–H groups in total. The van der Waals surface area contributed by atoms with Crippen LogP contribution in [0, 0.1) is 0 Å². The zero-order chi connectivity index (χ0) is 32.8. The Bertz CT molecular complexity index is 3040. The molecule has 8 aromatic carbocycles. The van der Waals surface area contributed by atoms with Crippen LogP contribution in [0.2, 0.25) is 0 Å². The predicted molar refractivity (Wildman–Crippen MR) is 205 cm³/mol. The van der Waals surface area contributed by atoms with Crippen molar-refractivity contribution in [1.82, 2.24) is 5.32 Å². The minimum Gasteiger partial charge on any atom is -0.455 e. The lowest BCUT2D eigenvalue weighted by atomic mass is 9.93. The molecule has 1 aliphatic rings. The van der Waals surface area contributed by atoms with E-state index in [1.807, 2.05) is 48.5 Å². The highest BCUT2D eigenvalue weighted by molar-refractivity contribution is 6.33. The molecule has 0 amide bonds. The molecule has 50 heavy (non-hydrogen) atoms. The van der Waals surface area contributed by atoms with Crippen LogP contribution < -0.4 is 5.32 Å². The number of furan rings is 2. The molecular weight excluding hydrogens is 615 g/mol. The number of para-hydroxylation sites is 2. The fourth-order valence-electron chi connectivity index (χ4n) is 7.90. The van der Waals surface area contributed by atoms with E-state index in [1.165, 1.54) is 26.9 Å². The molecule has 11 rings (SSSR count). The van der Waals surface area contributed by atoms with Gasteiger partial charge in [0.25, 0.3) is 0 Å². The number of hydrogen-bond acceptors (Lipinski definition) is 5. The number of nitrogens with zero attached hydrogens (tertiary/aromatic N) is 2. The Hall–Kier alpha value is -6.72. The normalized spacial score (nSPS) is 15.0. The van der Waals surface area contributed by atoms with E-state index in [2.05, 4.69) is 108 Å². The fourth-order valence-corrected chi connectivity index (χ4v) is 7.90. The van der Waals surface area contributed by atoms with E-state index in [9.17, 15) is 0 Å². The van der Waals surface area contributed by atoms with Gasteiger partial charge in [-0.15, -0.1) is 0 Å². The molecular formula is C45H27N3O2. The van der Waals surface area contributed by atoms with Crippen molar-refractivity contribution in [2.45, 2.75) is 6.17 Å². The van der Waals surface area contributed by atoms with Crippen LogP contribution in [0.4, 0.5) is 0 Å². The van der Waals surface area contributed by atoms with E-state index in [0.717, 1.165) is 71.8 Å². The Balaban J connectivity index is 1.18. The second kappa shape index (κ2) is 10.4. The predicted octanol–water partition coefficient (Wildman–Crippen LogP) is 11.4. The molecule has 0 saturated heterocycles. The van der Waals surface area contributed by atoms with Gasteiger partial charge in [0, 0.05) is 32.5 Å². The first kappa shape index (κ1) is 27.3. The third-order valence-corrected chi connectivity index (χ3v) is 10.1. The zero-order valence-electron chi connectivity index (χ0n) is 26.7. The second-order valence-electron chi connectivity index (χ2n) is 12.9. The van der Waals surface area contributed by atoms with Gasteiger partial charge in [-0.05, 0) is 56.8 Å². The van der Waals surface area contributed by atoms with Crippen LogP contribution in [0.5, 0.6) is 0 Å². The largest absolute Gasteiger partial charge is 0.455 e. The van der Waals surface area contributed by atoms with Gasteiger partial charge >= 0.3 is 0 Å². The highest BCUT2D eigenvalue weighted by Gasteiger charge is 2.26. The van der Waals surface area contributed by atoms with Gasteiger partial charge < -0.3 is 14.2 Å². The molecule has 0 aliphatic carbocycles. The summed E-state index contributed by atoms with van der Waals surface area (Å²) in [5, 5.41) is 15.0. The third kappa shape index (κ3) is 3.89. The van der Waals surface area contributed by atoms with E-state index in [0.29, 0.717) is 5.84 Å². The van der Waals surface area contributed by atoms with Crippen molar-refractivity contribution in [1.29, 1.82) is 0 Å². The lowest BCUT2D eigenvalue weighted by Gasteiger charge is -2.24. The molecule has 1 atom stereocenters. The molecule has 1 unspecified atom stereocenters. The summed E-state index contributed by atoms with van der Waals surface area (Å²) in [6.45, 7) is 0. The zero-order valence-corrected chi connectivity index (χ0v) is 26.7. The van der Waals surface area contributed by atoms with Crippen LogP contribution in [0.25, 0.3) is 76.2 Å². The van der Waals surface area contributed by atoms with Gasteiger partial charge in [0.2, 0.25) is 0 Å². The Morgan fingerprint density at radius 3 is 1.82 bits per heavy atom. The highest BCUT2D eigenvalue weighted by Crippen LogP contribution is 2.43. The van der Waals surface area contributed by atoms with E-state index in [4.69, 9.17) is 18.8 Å². The average Bonchev–Trinajstić information content (AvgIpc) is 3.77. The molecule has 3 heterocycles. The lowest BCUT2D eigenvalue weighted by Crippen LogP contribution is -2.33. The standard InChI is InChI=1S/C45H27N3O2/c1-2-12-26(13-3-1)43-46-44(48-45(47-43)36-21-10-19-33-30-17-8-9-22-37(30)49-41(33)36)35-20-11-23-38-39(35)34-25-24-32-29-16-5-4-14-27(29)28-15-6-7-18-31(28)40(32)42(34)50-38/h1-25,43H,(H,46,47,48). The Morgan fingerprint density at radius 2 is 1.00 bits per heavy atom. The first-order valence-electron chi connectivity index (χ1n) is 16.9. The van der Waals surface area contributed by atoms with Crippen molar-refractivity contribution in [3.63, 3.8) is 0 Å². The van der Waals surface area contributed by atoms with E-state index in [1.54, 1.807) is 0 Å². The summed E-state index contributed by atoms with van der Waals surface area (Å²) in [6.07, 6.45) is -0.358. The molecule has 0 saturated carbocycles. The molecule has 0 fully saturated rings. The number of hydrogen-bond donors (Lipinski definition) is 1. The molecule has 0 radical (unpaired) electrons. The summed E-state index contributed by atoms with van der Waals surface area (Å²) in [4.78, 5) is 10.4. The van der Waals surface area contributed by atoms with Crippen LogP contribution in [0.1, 0.15) is 22.9 Å². The number of amidine groups is 2. The van der Waals surface area contributed by atoms with Crippen molar-refractivity contribution in [2.75, 3.05) is 0 Å². The third-order valence-electron chi connectivity index (χ3n) is 10.1. The monoisotopic (exact) mass is 641 g/mol. The summed E-state index contributed by atoms with van der Waals surface area (Å²) < 4.78 is 13.3. The van der Waals surface area contributed by atoms with Gasteiger partial charge in [-0.3, -0.25) is 0 Å². The van der Waals surface area contributed by atoms with Gasteiger partial charge in [-0.1, -0.05) is 127 Å². The van der Waals surface area contributed by atoms with Gasteiger partial charge in [-0.2, -0.15) is 0 Å². The van der Waals surface area contributed by atoms with Crippen molar-refractivity contribution >= 4 is 87.9 Å². The maximum atomic E-state index is 6.84. The van der Waals surface area contributed by atoms with E-state index >= 15 is 0 Å².